The number of rotatable bonds is 10. The van der Waals surface area contributed by atoms with Gasteiger partial charge in [0.1, 0.15) is 158 Å². The number of aromatic hydroxyl groups is 1. The predicted molar refractivity (Wildman–Crippen MR) is 435 cm³/mol. The first-order valence-electron chi connectivity index (χ1n) is 36.5. The van der Waals surface area contributed by atoms with Gasteiger partial charge in [0.25, 0.3) is 11.8 Å². The largest absolute Gasteiger partial charge is 0.507 e. The first-order valence-corrected chi connectivity index (χ1v) is 37.6. The molecule has 29 heteroatoms. The van der Waals surface area contributed by atoms with Crippen molar-refractivity contribution in [3.8, 4) is 39.1 Å². The fourth-order valence-electron chi connectivity index (χ4n) is 13.9. The van der Waals surface area contributed by atoms with Gasteiger partial charge in [-0.1, -0.05) is 85.8 Å². The summed E-state index contributed by atoms with van der Waals surface area (Å²) in [4.78, 5) is 101. The smallest absolute Gasteiger partial charge is 0.262 e. The molecule has 0 spiro atoms. The van der Waals surface area contributed by atoms with Crippen molar-refractivity contribution in [3.63, 3.8) is 0 Å². The Labute approximate surface area is 675 Å². The topological polar surface area (TPSA) is 285 Å². The summed E-state index contributed by atoms with van der Waals surface area (Å²) >= 11 is 2.15. The standard InChI is InChI=1S/C26H20F2IN5O3.C25H15F2NO4.C17H12F2O3.C11H9FO2.C10H8O3/c1-14(34-26-21(24(29)32-34)25(30-13-31-26)33-9-11-36-12-10-33)23-19(15-5-7-16(27)8-6-15)22(35)20-17(28)3-2-4-18(20)37-23;1-13(28-24(30)16-8-2-3-9-17(16)25(28)31)23-20(14-6-4-7-15(26)12-14)22(29)21-18(27)10-5-11-19(21)32-23;1-9(20)17-14(10-4-2-5-11(18)8-10)16(21)15-12(19)6-3-7-13(15)22-17;1-2-7-6-9(13)11-8(12)4-3-5-10(11)14-7;1-6-5-8(12)10-7(11)3-2-4-9(10)13-6/h2-8,13-14H,9-12H2,1H3;2-13H,1H3;2-9,20H,1H3;3-6H,2H2,1H3;2-5,11H,1H3. The Kier molecular flexibility index (Phi) is 23.4. The summed E-state index contributed by atoms with van der Waals surface area (Å²) in [5.74, 6) is -3.32. The average Bonchev–Trinajstić information content (AvgIpc) is 1.47. The average molecular weight is 1720 g/mol. The Morgan fingerprint density at radius 2 is 0.907 bits per heavy atom. The van der Waals surface area contributed by atoms with Crippen LogP contribution in [0.2, 0.25) is 0 Å². The highest BCUT2D eigenvalue weighted by Gasteiger charge is 2.41. The molecule has 3 atom stereocenters. The molecule has 9 aromatic carbocycles. The van der Waals surface area contributed by atoms with Crippen molar-refractivity contribution in [2.75, 3.05) is 31.2 Å². The van der Waals surface area contributed by atoms with Gasteiger partial charge in [-0.15, -0.1) is 0 Å². The van der Waals surface area contributed by atoms with Gasteiger partial charge in [-0.25, -0.2) is 45.4 Å². The van der Waals surface area contributed by atoms with E-state index in [1.165, 1.54) is 148 Å². The number of hydrogen-bond acceptors (Lipinski definition) is 19. The number of benzene rings is 9. The van der Waals surface area contributed by atoms with E-state index in [9.17, 15) is 74.5 Å². The lowest BCUT2D eigenvalue weighted by atomic mass is 9.98. The maximum atomic E-state index is 14.7. The normalized spacial score (nSPS) is 13.3. The molecule has 0 radical (unpaired) electrons. The molecule has 21 nitrogen and oxygen atoms in total. The summed E-state index contributed by atoms with van der Waals surface area (Å²) in [5, 5.41) is 24.4. The van der Waals surface area contributed by atoms with Gasteiger partial charge in [-0.05, 0) is 176 Å². The lowest BCUT2D eigenvalue weighted by Gasteiger charge is -2.28. The van der Waals surface area contributed by atoms with E-state index in [1.807, 2.05) is 13.8 Å². The number of phenolic OH excluding ortho intramolecular Hbond substituents is 1. The van der Waals surface area contributed by atoms with Gasteiger partial charge in [0.2, 0.25) is 16.3 Å². The van der Waals surface area contributed by atoms with Crippen molar-refractivity contribution in [1.29, 1.82) is 0 Å². The van der Waals surface area contributed by atoms with Crippen LogP contribution < -0.4 is 32.0 Å². The van der Waals surface area contributed by atoms with Crippen LogP contribution in [0.15, 0.2) is 253 Å². The zero-order valence-electron chi connectivity index (χ0n) is 62.8. The summed E-state index contributed by atoms with van der Waals surface area (Å²) in [6, 6.07) is 44.8. The third kappa shape index (κ3) is 15.9. The number of imide groups is 1. The highest BCUT2D eigenvalue weighted by Crippen LogP contribution is 2.40. The number of amides is 2. The lowest BCUT2D eigenvalue weighted by molar-refractivity contribution is 0.0578. The molecule has 0 saturated carbocycles. The van der Waals surface area contributed by atoms with Crippen molar-refractivity contribution in [3.05, 3.63) is 342 Å². The Bertz CT molecular complexity index is 6950. The molecule has 18 rings (SSSR count). The molecule has 2 aliphatic rings. The molecule has 7 aromatic heterocycles. The van der Waals surface area contributed by atoms with Gasteiger partial charge in [0.05, 0.1) is 52.5 Å². The molecular weight excluding hydrogens is 1650 g/mol. The van der Waals surface area contributed by atoms with E-state index in [0.29, 0.717) is 70.3 Å². The van der Waals surface area contributed by atoms with E-state index in [-0.39, 0.29) is 117 Å². The van der Waals surface area contributed by atoms with Gasteiger partial charge < -0.3 is 41.9 Å². The number of aliphatic hydroxyl groups excluding tert-OH is 1. The minimum atomic E-state index is -1.10. The molecule has 9 heterocycles. The summed E-state index contributed by atoms with van der Waals surface area (Å²) in [6.45, 7) is 11.0. The van der Waals surface area contributed by atoms with Crippen LogP contribution in [0.5, 0.6) is 5.75 Å². The van der Waals surface area contributed by atoms with Crippen LogP contribution in [0.4, 0.5) is 36.6 Å². The zero-order valence-corrected chi connectivity index (χ0v) is 65.0. The molecule has 2 amide bonds. The lowest BCUT2D eigenvalue weighted by Crippen LogP contribution is -2.37. The summed E-state index contributed by atoms with van der Waals surface area (Å²) in [6.07, 6.45) is 1.02. The molecule has 118 heavy (non-hydrogen) atoms. The van der Waals surface area contributed by atoms with Gasteiger partial charge in [0, 0.05) is 31.6 Å². The molecule has 2 N–H and O–H groups in total. The number of aromatic nitrogens is 4. The first-order chi connectivity index (χ1) is 56.7. The van der Waals surface area contributed by atoms with Crippen LogP contribution >= 0.6 is 22.6 Å². The molecule has 3 unspecified atom stereocenters. The van der Waals surface area contributed by atoms with Gasteiger partial charge in [0.15, 0.2) is 16.5 Å². The highest BCUT2D eigenvalue weighted by atomic mass is 127. The molecule has 1 saturated heterocycles. The van der Waals surface area contributed by atoms with Crippen molar-refractivity contribution >= 4 is 106 Å². The third-order valence-corrected chi connectivity index (χ3v) is 20.2. The van der Waals surface area contributed by atoms with Crippen molar-refractivity contribution < 1.29 is 77.4 Å². The van der Waals surface area contributed by atoms with E-state index < -0.39 is 87.0 Å². The highest BCUT2D eigenvalue weighted by molar-refractivity contribution is 14.1. The van der Waals surface area contributed by atoms with Crippen LogP contribution in [0.1, 0.15) is 95.4 Å². The number of aryl methyl sites for hydroxylation is 2. The van der Waals surface area contributed by atoms with Gasteiger partial charge in [-0.3, -0.25) is 38.5 Å². The number of hydrogen-bond donors (Lipinski definition) is 2. The van der Waals surface area contributed by atoms with Crippen LogP contribution in [0.25, 0.3) is 99.3 Å². The number of carbonyl (C=O) groups excluding carboxylic acids is 2. The second-order valence-corrected chi connectivity index (χ2v) is 28.1. The number of carbonyl (C=O) groups is 2. The number of phenols is 1. The van der Waals surface area contributed by atoms with E-state index in [1.54, 1.807) is 60.1 Å². The van der Waals surface area contributed by atoms with E-state index in [0.717, 1.165) is 40.4 Å². The Morgan fingerprint density at radius 3 is 1.42 bits per heavy atom. The first kappa shape index (κ1) is 81.1. The Morgan fingerprint density at radius 1 is 0.458 bits per heavy atom. The minimum absolute atomic E-state index is 0.0197. The molecule has 0 aliphatic carbocycles. The Balaban J connectivity index is 0.000000128. The third-order valence-electron chi connectivity index (χ3n) is 19.5. The minimum Gasteiger partial charge on any atom is -0.507 e. The second kappa shape index (κ2) is 34.1. The number of aliphatic hydroxyl groups is 1. The summed E-state index contributed by atoms with van der Waals surface area (Å²) in [5.41, 5.74) is 0.298. The fourth-order valence-corrected chi connectivity index (χ4v) is 14.7. The molecule has 0 bridgehead atoms. The van der Waals surface area contributed by atoms with Crippen molar-refractivity contribution in [2.45, 2.75) is 59.2 Å². The SMILES string of the molecule is CC(O)c1oc2cccc(F)c2c(=O)c1-c1cccc(F)c1.CC(c1oc2cccc(F)c2c(=O)c1-c1ccc(F)cc1)n1nc(I)c2c(N3CCOCC3)ncnc21.CC(c1oc2cccc(F)c2c(=O)c1-c1cccc(F)c1)N1C(=O)c2ccccc2C1=O.CCc1cc(=O)c2c(F)cccc2o1.Cc1cc(=O)c2c(O)cccc2o1. The number of anilines is 1. The summed E-state index contributed by atoms with van der Waals surface area (Å²) in [7, 11) is 0. The molecular formula is C89H64F7IN6O15. The molecule has 1 fully saturated rings. The van der Waals surface area contributed by atoms with Gasteiger partial charge >= 0.3 is 0 Å². The van der Waals surface area contributed by atoms with E-state index >= 15 is 0 Å². The van der Waals surface area contributed by atoms with Crippen molar-refractivity contribution in [1.82, 2.24) is 24.6 Å². The number of halogens is 8. The number of nitrogens with zero attached hydrogens (tertiary/aromatic N) is 6. The number of fused-ring (bicyclic) bond motifs is 7. The second-order valence-electron chi connectivity index (χ2n) is 27.1. The quantitative estimate of drug-likeness (QED) is 0.0731. The zero-order chi connectivity index (χ0) is 83.7. The van der Waals surface area contributed by atoms with Crippen LogP contribution in [-0.2, 0) is 11.2 Å². The molecule has 2 aliphatic heterocycles. The fraction of sp³-hybridized carbons (Fsp3) is 0.146. The van der Waals surface area contributed by atoms with E-state index in [2.05, 4.69) is 37.5 Å². The molecule has 596 valence electrons. The maximum absolute atomic E-state index is 14.7. The van der Waals surface area contributed by atoms with Crippen LogP contribution in [0.3, 0.4) is 0 Å². The monoisotopic (exact) mass is 1720 g/mol. The predicted octanol–water partition coefficient (Wildman–Crippen LogP) is 18.1. The molecule has 16 aromatic rings. The number of ether oxygens (including phenoxy) is 1. The summed E-state index contributed by atoms with van der Waals surface area (Å²) < 4.78 is 134. The van der Waals surface area contributed by atoms with Gasteiger partial charge in [-0.2, -0.15) is 5.10 Å². The van der Waals surface area contributed by atoms with E-state index in [4.69, 9.17) is 31.9 Å². The Hall–Kier alpha value is -13.5. The van der Waals surface area contributed by atoms with Crippen LogP contribution in [0, 0.1) is 51.3 Å². The van der Waals surface area contributed by atoms with Crippen LogP contribution in [-0.4, -0.2) is 73.0 Å². The van der Waals surface area contributed by atoms with Crippen molar-refractivity contribution in [2.24, 2.45) is 0 Å². The maximum Gasteiger partial charge on any atom is 0.262 e. The number of morpholine rings is 1.